The first kappa shape index (κ1) is 40.9. The molecule has 0 amide bonds. The van der Waals surface area contributed by atoms with E-state index in [1.165, 1.54) is 58.2 Å². The number of aromatic hydroxyl groups is 4. The summed E-state index contributed by atoms with van der Waals surface area (Å²) in [7, 11) is 0. The van der Waals surface area contributed by atoms with Gasteiger partial charge in [-0.1, -0.05) is 64.1 Å². The van der Waals surface area contributed by atoms with Crippen LogP contribution in [-0.4, -0.2) is 62.3 Å². The van der Waals surface area contributed by atoms with E-state index in [-0.39, 0.29) is 74.6 Å². The van der Waals surface area contributed by atoms with Crippen molar-refractivity contribution in [3.63, 3.8) is 0 Å². The summed E-state index contributed by atoms with van der Waals surface area (Å²) in [6.07, 6.45) is 2.71. The van der Waals surface area contributed by atoms with Gasteiger partial charge in [-0.2, -0.15) is 10.2 Å². The van der Waals surface area contributed by atoms with Crippen LogP contribution in [0.15, 0.2) is 107 Å². The molecule has 16 nitrogen and oxygen atoms in total. The zero-order chi connectivity index (χ0) is 39.1. The number of rotatable bonds is 10. The molecule has 0 saturated carbocycles. The first-order valence-electron chi connectivity index (χ1n) is 16.5. The van der Waals surface area contributed by atoms with E-state index in [9.17, 15) is 40.7 Å². The van der Waals surface area contributed by atoms with Crippen LogP contribution in [0.5, 0.6) is 23.3 Å². The van der Waals surface area contributed by atoms with E-state index < -0.39 is 9.85 Å². The van der Waals surface area contributed by atoms with Crippen LogP contribution >= 0.6 is 0 Å². The summed E-state index contributed by atoms with van der Waals surface area (Å²) in [6.45, 7) is 7.72. The maximum absolute atomic E-state index is 10.9. The van der Waals surface area contributed by atoms with Gasteiger partial charge in [0.05, 0.1) is 43.7 Å². The summed E-state index contributed by atoms with van der Waals surface area (Å²) in [6, 6.07) is 25.4. The van der Waals surface area contributed by atoms with Gasteiger partial charge in [-0.25, -0.2) is 9.36 Å². The van der Waals surface area contributed by atoms with Crippen LogP contribution in [0.4, 0.5) is 22.7 Å². The number of nitro benzene ring substituents is 2. The fourth-order valence-electron chi connectivity index (χ4n) is 5.20. The van der Waals surface area contributed by atoms with Gasteiger partial charge in [0.25, 0.3) is 11.4 Å². The van der Waals surface area contributed by atoms with Crippen molar-refractivity contribution in [1.82, 2.24) is 19.6 Å². The van der Waals surface area contributed by atoms with Crippen LogP contribution in [0, 0.1) is 20.2 Å². The third kappa shape index (κ3) is 9.39. The Labute approximate surface area is 324 Å². The summed E-state index contributed by atoms with van der Waals surface area (Å²) in [5, 5.41) is 71.9. The standard InChI is InChI=1S/2C19H18N4O4.Co/c2*1-12(2)18-15(19(25)22(21-18)13-6-4-3-5-7-13)11-20-16-10-14(23(26)27)8-9-17(16)24;/h2*3-12,24-25H,1-2H3;. The molecule has 1 radical (unpaired) electrons. The molecule has 17 heteroatoms. The Balaban J connectivity index is 0.000000240. The van der Waals surface area contributed by atoms with Gasteiger partial charge < -0.3 is 20.4 Å². The van der Waals surface area contributed by atoms with Gasteiger partial charge in [-0.15, -0.1) is 0 Å². The molecule has 0 atom stereocenters. The smallest absolute Gasteiger partial charge is 0.271 e. The molecule has 4 aromatic carbocycles. The molecule has 55 heavy (non-hydrogen) atoms. The quantitative estimate of drug-likeness (QED) is 0.0591. The minimum atomic E-state index is -0.567. The summed E-state index contributed by atoms with van der Waals surface area (Å²) >= 11 is 0. The molecule has 0 fully saturated rings. The van der Waals surface area contributed by atoms with Crippen molar-refractivity contribution in [2.24, 2.45) is 9.98 Å². The molecule has 6 aromatic rings. The van der Waals surface area contributed by atoms with Gasteiger partial charge in [0.1, 0.15) is 22.9 Å². The summed E-state index contributed by atoms with van der Waals surface area (Å²) < 4.78 is 2.81. The normalized spacial score (nSPS) is 11.2. The molecule has 0 aliphatic carbocycles. The zero-order valence-corrected chi connectivity index (χ0v) is 30.9. The van der Waals surface area contributed by atoms with Gasteiger partial charge in [-0.05, 0) is 48.2 Å². The van der Waals surface area contributed by atoms with Crippen LogP contribution < -0.4 is 0 Å². The topological polar surface area (TPSA) is 228 Å². The van der Waals surface area contributed by atoms with Gasteiger partial charge in [0.2, 0.25) is 11.8 Å². The minimum absolute atomic E-state index is 0. The molecular weight excluding hydrogens is 755 g/mol. The second-order valence-electron chi connectivity index (χ2n) is 12.4. The van der Waals surface area contributed by atoms with Gasteiger partial charge in [0, 0.05) is 53.5 Å². The number of aliphatic imine (C=N–C) groups is 2. The Kier molecular flexibility index (Phi) is 13.2. The average molecular weight is 792 g/mol. The number of hydrogen-bond donors (Lipinski definition) is 4. The Bertz CT molecular complexity index is 2190. The van der Waals surface area contributed by atoms with Crippen molar-refractivity contribution < 1.29 is 47.1 Å². The number of non-ortho nitro benzene ring substituents is 2. The first-order chi connectivity index (χ1) is 25.8. The van der Waals surface area contributed by atoms with Crippen molar-refractivity contribution >= 4 is 35.2 Å². The van der Waals surface area contributed by atoms with Crippen LogP contribution in [0.2, 0.25) is 0 Å². The fourth-order valence-corrected chi connectivity index (χ4v) is 5.20. The van der Waals surface area contributed by atoms with E-state index in [1.54, 1.807) is 0 Å². The number of hydrogen-bond acceptors (Lipinski definition) is 12. The predicted octanol–water partition coefficient (Wildman–Crippen LogP) is 8.13. The Morgan fingerprint density at radius 1 is 0.600 bits per heavy atom. The fraction of sp³-hybridized carbons (Fsp3) is 0.158. The number of benzene rings is 4. The largest absolute Gasteiger partial charge is 0.506 e. The molecule has 4 N–H and O–H groups in total. The number of phenols is 2. The molecule has 0 bridgehead atoms. The molecule has 0 aliphatic heterocycles. The van der Waals surface area contributed by atoms with E-state index in [4.69, 9.17) is 0 Å². The van der Waals surface area contributed by atoms with Crippen molar-refractivity contribution in [3.8, 4) is 34.6 Å². The second kappa shape index (κ2) is 17.8. The van der Waals surface area contributed by atoms with Crippen molar-refractivity contribution in [2.75, 3.05) is 0 Å². The summed E-state index contributed by atoms with van der Waals surface area (Å²) in [4.78, 5) is 29.0. The number of nitro groups is 2. The third-order valence-electron chi connectivity index (χ3n) is 7.95. The molecule has 0 saturated heterocycles. The second-order valence-corrected chi connectivity index (χ2v) is 12.4. The molecular formula is C38H36CoN8O8. The molecule has 2 aromatic heterocycles. The van der Waals surface area contributed by atoms with Crippen LogP contribution in [0.3, 0.4) is 0 Å². The predicted molar refractivity (Wildman–Crippen MR) is 203 cm³/mol. The maximum Gasteiger partial charge on any atom is 0.271 e. The van der Waals surface area contributed by atoms with Gasteiger partial charge in [0.15, 0.2) is 0 Å². The van der Waals surface area contributed by atoms with E-state index in [0.29, 0.717) is 33.9 Å². The van der Waals surface area contributed by atoms with Crippen molar-refractivity contribution in [1.29, 1.82) is 0 Å². The zero-order valence-electron chi connectivity index (χ0n) is 29.9. The van der Waals surface area contributed by atoms with Crippen molar-refractivity contribution in [2.45, 2.75) is 39.5 Å². The number of phenolic OH excluding ortho intramolecular Hbond substituents is 2. The summed E-state index contributed by atoms with van der Waals surface area (Å²) in [5.41, 5.74) is 3.08. The molecule has 2 heterocycles. The SMILES string of the molecule is CC(C)c1nn(-c2ccccc2)c(O)c1C=Nc1cc([N+](=O)[O-])ccc1O.CC(C)c1nn(-c2ccccc2)c(O)c1C=Nc1cc([N+](=O)[O-])ccc1O.[Co]. The van der Waals surface area contributed by atoms with E-state index in [2.05, 4.69) is 20.2 Å². The average Bonchev–Trinajstić information content (AvgIpc) is 3.67. The number of nitrogens with zero attached hydrogens (tertiary/aromatic N) is 8. The maximum atomic E-state index is 10.9. The van der Waals surface area contributed by atoms with Crippen LogP contribution in [-0.2, 0) is 16.8 Å². The van der Waals surface area contributed by atoms with E-state index in [1.807, 2.05) is 88.4 Å². The molecule has 0 aliphatic rings. The van der Waals surface area contributed by atoms with E-state index >= 15 is 0 Å². The minimum Gasteiger partial charge on any atom is -0.506 e. The third-order valence-corrected chi connectivity index (χ3v) is 7.95. The first-order valence-corrected chi connectivity index (χ1v) is 16.5. The molecule has 0 spiro atoms. The van der Waals surface area contributed by atoms with Crippen LogP contribution in [0.25, 0.3) is 11.4 Å². The Morgan fingerprint density at radius 2 is 0.945 bits per heavy atom. The van der Waals surface area contributed by atoms with Gasteiger partial charge >= 0.3 is 0 Å². The Hall–Kier alpha value is -6.85. The van der Waals surface area contributed by atoms with Gasteiger partial charge in [-0.3, -0.25) is 30.2 Å². The van der Waals surface area contributed by atoms with Crippen molar-refractivity contribution in [3.05, 3.63) is 140 Å². The molecule has 285 valence electrons. The number of aromatic nitrogens is 4. The molecule has 0 unspecified atom stereocenters. The van der Waals surface area contributed by atoms with Crippen LogP contribution in [0.1, 0.15) is 62.0 Å². The number of para-hydroxylation sites is 2. The monoisotopic (exact) mass is 791 g/mol. The molecule has 6 rings (SSSR count). The Morgan fingerprint density at radius 3 is 1.25 bits per heavy atom. The van der Waals surface area contributed by atoms with E-state index in [0.717, 1.165) is 0 Å². The summed E-state index contributed by atoms with van der Waals surface area (Å²) in [5.74, 6) is -0.588.